The van der Waals surface area contributed by atoms with Crippen molar-refractivity contribution in [2.75, 3.05) is 14.2 Å². The van der Waals surface area contributed by atoms with Crippen molar-refractivity contribution in [1.82, 2.24) is 0 Å². The van der Waals surface area contributed by atoms with Crippen LogP contribution in [0.4, 0.5) is 0 Å². The van der Waals surface area contributed by atoms with Crippen LogP contribution in [0.15, 0.2) is 48.5 Å². The molecule has 3 atom stereocenters. The molecule has 172 valence electrons. The van der Waals surface area contributed by atoms with Gasteiger partial charge in [-0.15, -0.1) is 0 Å². The van der Waals surface area contributed by atoms with Gasteiger partial charge in [-0.2, -0.15) is 14.7 Å². The molecule has 1 unspecified atom stereocenters. The van der Waals surface area contributed by atoms with E-state index in [2.05, 4.69) is 0 Å². The fourth-order valence-electron chi connectivity index (χ4n) is 3.78. The van der Waals surface area contributed by atoms with Crippen LogP contribution in [0, 0.1) is 0 Å². The van der Waals surface area contributed by atoms with E-state index >= 15 is 0 Å². The van der Waals surface area contributed by atoms with E-state index in [1.807, 2.05) is 24.3 Å². The van der Waals surface area contributed by atoms with E-state index in [-0.39, 0.29) is 5.78 Å². The van der Waals surface area contributed by atoms with Crippen LogP contribution in [0.5, 0.6) is 11.5 Å². The van der Waals surface area contributed by atoms with Crippen LogP contribution in [-0.2, 0) is 30.1 Å². The molecule has 2 bridgehead atoms. The van der Waals surface area contributed by atoms with Crippen LogP contribution in [0.3, 0.4) is 0 Å². The Morgan fingerprint density at radius 1 is 0.969 bits per heavy atom. The van der Waals surface area contributed by atoms with E-state index < -0.39 is 18.4 Å². The molecule has 0 aromatic heterocycles. The lowest BCUT2D eigenvalue weighted by Crippen LogP contribution is -2.45. The van der Waals surface area contributed by atoms with Crippen LogP contribution in [0.1, 0.15) is 54.4 Å². The van der Waals surface area contributed by atoms with Gasteiger partial charge in [0, 0.05) is 36.8 Å². The minimum absolute atomic E-state index is 0.0373. The average molecular weight is 444 g/mol. The molecule has 2 fully saturated rings. The Labute approximate surface area is 187 Å². The number of Topliss-reactive ketones (excluding diaryl/α,β-unsaturated/α-hetero) is 1. The normalized spacial score (nSPS) is 25.4. The first kappa shape index (κ1) is 22.7. The van der Waals surface area contributed by atoms with E-state index in [4.69, 9.17) is 33.8 Å². The van der Waals surface area contributed by atoms with Crippen molar-refractivity contribution in [3.05, 3.63) is 59.7 Å². The lowest BCUT2D eigenvalue weighted by molar-refractivity contribution is -0.589. The number of ether oxygens (including phenoxy) is 3. The van der Waals surface area contributed by atoms with E-state index in [1.165, 1.54) is 0 Å². The molecule has 0 saturated carbocycles. The molecule has 2 aliphatic rings. The molecular formula is C24H28O8. The van der Waals surface area contributed by atoms with E-state index in [0.29, 0.717) is 43.4 Å². The smallest absolute Gasteiger partial charge is 0.230 e. The number of carbonyl (C=O) groups excluding carboxylic acids is 1. The van der Waals surface area contributed by atoms with Gasteiger partial charge in [0.1, 0.15) is 11.5 Å². The molecule has 32 heavy (non-hydrogen) atoms. The molecule has 2 heterocycles. The average Bonchev–Trinajstić information content (AvgIpc) is 2.84. The zero-order chi connectivity index (χ0) is 22.4. The third-order valence-corrected chi connectivity index (χ3v) is 5.61. The zero-order valence-corrected chi connectivity index (χ0v) is 18.3. The lowest BCUT2D eigenvalue weighted by Gasteiger charge is -2.41. The third kappa shape index (κ3) is 5.28. The molecule has 2 aromatic carbocycles. The molecule has 0 N–H and O–H groups in total. The Morgan fingerprint density at radius 3 is 2.34 bits per heavy atom. The van der Waals surface area contributed by atoms with Crippen LogP contribution in [0.25, 0.3) is 0 Å². The van der Waals surface area contributed by atoms with Gasteiger partial charge in [0.2, 0.25) is 12.1 Å². The quantitative estimate of drug-likeness (QED) is 0.429. The van der Waals surface area contributed by atoms with Gasteiger partial charge in [-0.3, -0.25) is 4.79 Å². The summed E-state index contributed by atoms with van der Waals surface area (Å²) >= 11 is 0. The van der Waals surface area contributed by atoms with Crippen molar-refractivity contribution >= 4 is 5.78 Å². The van der Waals surface area contributed by atoms with Crippen molar-refractivity contribution in [2.24, 2.45) is 0 Å². The predicted molar refractivity (Wildman–Crippen MR) is 113 cm³/mol. The number of methoxy groups -OCH3 is 2. The monoisotopic (exact) mass is 444 g/mol. The first-order chi connectivity index (χ1) is 15.6. The van der Waals surface area contributed by atoms with Crippen LogP contribution in [0.2, 0.25) is 0 Å². The number of ketones is 1. The second-order valence-corrected chi connectivity index (χ2v) is 7.77. The maximum Gasteiger partial charge on any atom is 0.230 e. The van der Waals surface area contributed by atoms with Crippen LogP contribution >= 0.6 is 0 Å². The molecule has 2 aromatic rings. The molecule has 2 aliphatic heterocycles. The topological polar surface area (TPSA) is 81.7 Å². The van der Waals surface area contributed by atoms with E-state index in [1.54, 1.807) is 38.5 Å². The van der Waals surface area contributed by atoms with Crippen molar-refractivity contribution in [3.63, 3.8) is 0 Å². The Hall–Kier alpha value is -2.49. The summed E-state index contributed by atoms with van der Waals surface area (Å²) in [5.41, 5.74) is 1.45. The summed E-state index contributed by atoms with van der Waals surface area (Å²) in [6.07, 6.45) is 2.09. The number of hydrogen-bond donors (Lipinski definition) is 0. The minimum Gasteiger partial charge on any atom is -0.497 e. The third-order valence-electron chi connectivity index (χ3n) is 5.61. The summed E-state index contributed by atoms with van der Waals surface area (Å²) in [6.45, 7) is 0. The highest BCUT2D eigenvalue weighted by Gasteiger charge is 2.45. The zero-order valence-electron chi connectivity index (χ0n) is 18.3. The second kappa shape index (κ2) is 10.4. The lowest BCUT2D eigenvalue weighted by atomic mass is 9.97. The van der Waals surface area contributed by atoms with Gasteiger partial charge in [0.15, 0.2) is 12.1 Å². The standard InChI is InChI=1S/C24H28O8/c1-26-19-12-8-17(9-13-19)21(25)5-3-6-23-30-29-22-7-4-16-24(28-22,32-31-23)18-10-14-20(27-2)15-11-18/h8-15,22-23H,3-7,16H2,1-2H3/t22-,23?,24-/m0/s1. The number of fused-ring (bicyclic) bond motifs is 2. The van der Waals surface area contributed by atoms with Gasteiger partial charge < -0.3 is 14.2 Å². The summed E-state index contributed by atoms with van der Waals surface area (Å²) in [5.74, 6) is 0.403. The van der Waals surface area contributed by atoms with Crippen molar-refractivity contribution in [2.45, 2.75) is 56.9 Å². The Kier molecular flexibility index (Phi) is 7.39. The molecule has 2 saturated heterocycles. The predicted octanol–water partition coefficient (Wildman–Crippen LogP) is 4.67. The maximum absolute atomic E-state index is 12.4. The fraction of sp³-hybridized carbons (Fsp3) is 0.458. The maximum atomic E-state index is 12.4. The first-order valence-corrected chi connectivity index (χ1v) is 10.8. The highest BCUT2D eigenvalue weighted by atomic mass is 17.3. The molecule has 4 rings (SSSR count). The highest BCUT2D eigenvalue weighted by Crippen LogP contribution is 2.41. The molecule has 0 aliphatic carbocycles. The fourth-order valence-corrected chi connectivity index (χ4v) is 3.78. The second-order valence-electron chi connectivity index (χ2n) is 7.77. The molecule has 8 nitrogen and oxygen atoms in total. The van der Waals surface area contributed by atoms with Gasteiger partial charge in [-0.1, -0.05) is 0 Å². The van der Waals surface area contributed by atoms with Crippen molar-refractivity contribution in [3.8, 4) is 11.5 Å². The largest absolute Gasteiger partial charge is 0.497 e. The Morgan fingerprint density at radius 2 is 1.66 bits per heavy atom. The van der Waals surface area contributed by atoms with Gasteiger partial charge in [0.25, 0.3) is 0 Å². The number of rotatable bonds is 8. The van der Waals surface area contributed by atoms with E-state index in [9.17, 15) is 4.79 Å². The molecule has 0 amide bonds. The van der Waals surface area contributed by atoms with Crippen molar-refractivity contribution in [1.29, 1.82) is 0 Å². The summed E-state index contributed by atoms with van der Waals surface area (Å²) in [4.78, 5) is 34.7. The molecule has 8 heteroatoms. The number of benzene rings is 2. The first-order valence-electron chi connectivity index (χ1n) is 10.8. The minimum atomic E-state index is -1.09. The SMILES string of the molecule is COc1ccc(C(=O)CCCC2OO[C@H]3CCC[C@@](c4ccc(OC)cc4)(OO2)O3)cc1. The summed E-state index contributed by atoms with van der Waals surface area (Å²) in [6, 6.07) is 14.5. The van der Waals surface area contributed by atoms with Gasteiger partial charge in [-0.25, -0.2) is 4.89 Å². The van der Waals surface area contributed by atoms with Crippen LogP contribution in [-0.4, -0.2) is 32.6 Å². The summed E-state index contributed by atoms with van der Waals surface area (Å²) in [5, 5.41) is 0. The highest BCUT2D eigenvalue weighted by molar-refractivity contribution is 5.96. The molecular weight excluding hydrogens is 416 g/mol. The molecule has 0 radical (unpaired) electrons. The Bertz CT molecular complexity index is 882. The van der Waals surface area contributed by atoms with Gasteiger partial charge in [-0.05, 0) is 61.4 Å². The number of hydrogen-bond acceptors (Lipinski definition) is 8. The Balaban J connectivity index is 1.35. The summed E-state index contributed by atoms with van der Waals surface area (Å²) < 4.78 is 16.4. The van der Waals surface area contributed by atoms with Gasteiger partial charge in [0.05, 0.1) is 14.2 Å². The van der Waals surface area contributed by atoms with E-state index in [0.717, 1.165) is 17.7 Å². The van der Waals surface area contributed by atoms with Crippen LogP contribution < -0.4 is 9.47 Å². The van der Waals surface area contributed by atoms with Crippen molar-refractivity contribution < 1.29 is 38.6 Å². The number of carbonyl (C=O) groups is 1. The van der Waals surface area contributed by atoms with Gasteiger partial charge >= 0.3 is 0 Å². The summed E-state index contributed by atoms with van der Waals surface area (Å²) in [7, 11) is 3.21. The molecule has 0 spiro atoms.